The van der Waals surface area contributed by atoms with Crippen LogP contribution in [-0.2, 0) is 11.8 Å². The molecular formula is C33H41N7O2. The maximum atomic E-state index is 12.4. The lowest BCUT2D eigenvalue weighted by Gasteiger charge is -2.27. The topological polar surface area (TPSA) is 87.5 Å². The molecule has 2 aromatic carbocycles. The van der Waals surface area contributed by atoms with Crippen LogP contribution in [0.25, 0.3) is 22.2 Å². The molecule has 1 saturated carbocycles. The Bertz CT molecular complexity index is 1560. The zero-order valence-corrected chi connectivity index (χ0v) is 25.1. The van der Waals surface area contributed by atoms with Crippen LogP contribution < -0.4 is 20.3 Å². The number of hydrogen-bond acceptors (Lipinski definition) is 7. The first-order valence-corrected chi connectivity index (χ1v) is 14.6. The van der Waals surface area contributed by atoms with Crippen molar-refractivity contribution < 1.29 is 9.53 Å². The number of carbonyl (C=O) groups excluding carboxylic acids is 1. The van der Waals surface area contributed by atoms with Gasteiger partial charge >= 0.3 is 0 Å². The smallest absolute Gasteiger partial charge is 0.247 e. The van der Waals surface area contributed by atoms with Crippen LogP contribution >= 0.6 is 0 Å². The van der Waals surface area contributed by atoms with E-state index in [2.05, 4.69) is 54.9 Å². The van der Waals surface area contributed by atoms with Crippen LogP contribution in [0.15, 0.2) is 67.5 Å². The molecule has 1 aliphatic carbocycles. The summed E-state index contributed by atoms with van der Waals surface area (Å²) in [6, 6.07) is 14.1. The van der Waals surface area contributed by atoms with Crippen molar-refractivity contribution in [2.24, 2.45) is 13.0 Å². The second-order valence-corrected chi connectivity index (χ2v) is 11.3. The van der Waals surface area contributed by atoms with E-state index in [4.69, 9.17) is 9.72 Å². The van der Waals surface area contributed by atoms with Crippen molar-refractivity contribution in [2.45, 2.75) is 25.7 Å². The van der Waals surface area contributed by atoms with Crippen LogP contribution in [0.1, 0.15) is 25.7 Å². The number of hydrogen-bond donors (Lipinski definition) is 2. The Morgan fingerprint density at radius 2 is 1.95 bits per heavy atom. The highest BCUT2D eigenvalue weighted by atomic mass is 16.5. The summed E-state index contributed by atoms with van der Waals surface area (Å²) in [4.78, 5) is 26.1. The minimum Gasteiger partial charge on any atom is -0.491 e. The van der Waals surface area contributed by atoms with Crippen molar-refractivity contribution in [3.05, 3.63) is 67.5 Å². The fourth-order valence-corrected chi connectivity index (χ4v) is 5.21. The van der Waals surface area contributed by atoms with Gasteiger partial charge < -0.3 is 29.7 Å². The first-order valence-electron chi connectivity index (χ1n) is 14.6. The SMILES string of the molecule is C=CC(=O)Nc1cc(Nc2nccc(-c3cn(C)c4ccccc34)n2)c(OCCC2CCC2)cc1N(C)CCN(C)C. The lowest BCUT2D eigenvalue weighted by atomic mass is 9.83. The van der Waals surface area contributed by atoms with Gasteiger partial charge in [0.05, 0.1) is 29.4 Å². The number of ether oxygens (including phenoxy) is 1. The third-order valence-corrected chi connectivity index (χ3v) is 7.92. The third-order valence-electron chi connectivity index (χ3n) is 7.92. The van der Waals surface area contributed by atoms with Gasteiger partial charge in [0.25, 0.3) is 0 Å². The minimum absolute atomic E-state index is 0.281. The summed E-state index contributed by atoms with van der Waals surface area (Å²) >= 11 is 0. The second kappa shape index (κ2) is 13.1. The standard InChI is InChI=1S/C33H41N7O2/c1-6-32(41)35-27-20-28(31(42-19-15-23-10-9-11-23)21-30(27)39(4)18-17-38(2)3)37-33-34-16-14-26(36-33)25-22-40(5)29-13-8-7-12-24(25)29/h6-8,12-14,16,20-23H,1,9-11,15,17-19H2,2-5H3,(H,35,41)(H,34,36,37). The molecule has 1 amide bonds. The van der Waals surface area contributed by atoms with Gasteiger partial charge in [-0.2, -0.15) is 0 Å². The van der Waals surface area contributed by atoms with Crippen LogP contribution in [0.2, 0.25) is 0 Å². The van der Waals surface area contributed by atoms with Gasteiger partial charge in [0.2, 0.25) is 11.9 Å². The number of nitrogens with one attached hydrogen (secondary N) is 2. The molecule has 42 heavy (non-hydrogen) atoms. The largest absolute Gasteiger partial charge is 0.491 e. The van der Waals surface area contributed by atoms with Gasteiger partial charge in [-0.25, -0.2) is 9.97 Å². The van der Waals surface area contributed by atoms with Gasteiger partial charge in [0, 0.05) is 62.1 Å². The van der Waals surface area contributed by atoms with E-state index in [1.165, 1.54) is 25.3 Å². The highest BCUT2D eigenvalue weighted by molar-refractivity contribution is 6.02. The normalized spacial score (nSPS) is 13.2. The monoisotopic (exact) mass is 567 g/mol. The number of amides is 1. The predicted octanol–water partition coefficient (Wildman–Crippen LogP) is 6.07. The zero-order valence-electron chi connectivity index (χ0n) is 25.1. The lowest BCUT2D eigenvalue weighted by molar-refractivity contribution is -0.111. The van der Waals surface area contributed by atoms with Gasteiger partial charge in [-0.15, -0.1) is 0 Å². The number of carbonyl (C=O) groups is 1. The molecule has 9 heteroatoms. The summed E-state index contributed by atoms with van der Waals surface area (Å²) < 4.78 is 8.51. The van der Waals surface area contributed by atoms with E-state index in [1.807, 2.05) is 58.5 Å². The Hall–Kier alpha value is -4.37. The van der Waals surface area contributed by atoms with Crippen molar-refractivity contribution in [2.75, 3.05) is 56.4 Å². The summed E-state index contributed by atoms with van der Waals surface area (Å²) in [6.45, 7) is 5.89. The molecule has 5 rings (SSSR count). The van der Waals surface area contributed by atoms with E-state index < -0.39 is 0 Å². The molecule has 4 aromatic rings. The number of nitrogens with zero attached hydrogens (tertiary/aromatic N) is 5. The van der Waals surface area contributed by atoms with Gasteiger partial charge in [0.1, 0.15) is 5.75 Å². The molecule has 2 aromatic heterocycles. The third kappa shape index (κ3) is 6.74. The number of para-hydroxylation sites is 1. The molecule has 1 fully saturated rings. The van der Waals surface area contributed by atoms with Crippen LogP contribution in [0.5, 0.6) is 5.75 Å². The van der Waals surface area contributed by atoms with Crippen LogP contribution in [0.3, 0.4) is 0 Å². The van der Waals surface area contributed by atoms with Crippen LogP contribution in [0, 0.1) is 5.92 Å². The van der Waals surface area contributed by atoms with Crippen molar-refractivity contribution in [3.63, 3.8) is 0 Å². The van der Waals surface area contributed by atoms with E-state index in [-0.39, 0.29) is 5.91 Å². The molecule has 0 atom stereocenters. The van der Waals surface area contributed by atoms with Crippen molar-refractivity contribution >= 4 is 39.8 Å². The predicted molar refractivity (Wildman–Crippen MR) is 172 cm³/mol. The fraction of sp³-hybridized carbons (Fsp3) is 0.364. The van der Waals surface area contributed by atoms with E-state index in [9.17, 15) is 4.79 Å². The Balaban J connectivity index is 1.50. The Labute approximate surface area is 248 Å². The van der Waals surface area contributed by atoms with E-state index >= 15 is 0 Å². The fourth-order valence-electron chi connectivity index (χ4n) is 5.21. The van der Waals surface area contributed by atoms with Crippen LogP contribution in [0.4, 0.5) is 23.0 Å². The highest BCUT2D eigenvalue weighted by Crippen LogP contribution is 2.39. The molecule has 2 heterocycles. The molecule has 220 valence electrons. The van der Waals surface area contributed by atoms with Gasteiger partial charge in [-0.1, -0.05) is 44.0 Å². The van der Waals surface area contributed by atoms with Gasteiger partial charge in [-0.05, 0) is 50.7 Å². The van der Waals surface area contributed by atoms with Crippen molar-refractivity contribution in [3.8, 4) is 17.0 Å². The highest BCUT2D eigenvalue weighted by Gasteiger charge is 2.20. The number of anilines is 4. The maximum Gasteiger partial charge on any atom is 0.247 e. The van der Waals surface area contributed by atoms with E-state index in [0.29, 0.717) is 29.7 Å². The number of rotatable bonds is 13. The second-order valence-electron chi connectivity index (χ2n) is 11.3. The molecule has 9 nitrogen and oxygen atoms in total. The Morgan fingerprint density at radius 1 is 1.14 bits per heavy atom. The molecule has 0 unspecified atom stereocenters. The quantitative estimate of drug-likeness (QED) is 0.190. The Kier molecular flexibility index (Phi) is 9.07. The summed E-state index contributed by atoms with van der Waals surface area (Å²) in [6.07, 6.45) is 9.99. The number of aromatic nitrogens is 3. The van der Waals surface area contributed by atoms with Crippen molar-refractivity contribution in [1.82, 2.24) is 19.4 Å². The number of likely N-dealkylation sites (N-methyl/N-ethyl adjacent to an activating group) is 2. The molecule has 2 N–H and O–H groups in total. The summed E-state index contributed by atoms with van der Waals surface area (Å²) in [5, 5.41) is 7.51. The molecule has 0 aliphatic heterocycles. The van der Waals surface area contributed by atoms with Gasteiger partial charge in [-0.3, -0.25) is 4.79 Å². The van der Waals surface area contributed by atoms with E-state index in [1.54, 1.807) is 6.20 Å². The average Bonchev–Trinajstić information content (AvgIpc) is 3.30. The minimum atomic E-state index is -0.281. The molecule has 0 saturated heterocycles. The molecule has 1 aliphatic rings. The van der Waals surface area contributed by atoms with Gasteiger partial charge in [0.15, 0.2) is 0 Å². The number of benzene rings is 2. The van der Waals surface area contributed by atoms with E-state index in [0.717, 1.165) is 53.3 Å². The zero-order chi connectivity index (χ0) is 29.6. The van der Waals surface area contributed by atoms with Crippen LogP contribution in [-0.4, -0.2) is 66.2 Å². The first kappa shape index (κ1) is 29.1. The Morgan fingerprint density at radius 3 is 2.69 bits per heavy atom. The van der Waals surface area contributed by atoms with Crippen molar-refractivity contribution in [1.29, 1.82) is 0 Å². The maximum absolute atomic E-state index is 12.4. The number of aryl methyl sites for hydroxylation is 1. The summed E-state index contributed by atoms with van der Waals surface area (Å²) in [5.41, 5.74) is 5.19. The summed E-state index contributed by atoms with van der Waals surface area (Å²) in [7, 11) is 8.14. The molecule has 0 radical (unpaired) electrons. The summed E-state index contributed by atoms with van der Waals surface area (Å²) in [5.74, 6) is 1.59. The lowest BCUT2D eigenvalue weighted by Crippen LogP contribution is -2.29. The average molecular weight is 568 g/mol. The number of fused-ring (bicyclic) bond motifs is 1. The molecule has 0 spiro atoms. The molecular weight excluding hydrogens is 526 g/mol. The first-order chi connectivity index (χ1) is 20.3. The molecule has 0 bridgehead atoms.